The molecule has 24 heavy (non-hydrogen) atoms. The van der Waals surface area contributed by atoms with E-state index in [0.717, 1.165) is 32.4 Å². The summed E-state index contributed by atoms with van der Waals surface area (Å²) in [5.41, 5.74) is 1.30. The lowest BCUT2D eigenvalue weighted by atomic mass is 9.99. The van der Waals surface area contributed by atoms with Crippen molar-refractivity contribution < 1.29 is 14.3 Å². The van der Waals surface area contributed by atoms with Crippen LogP contribution in [0.2, 0.25) is 0 Å². The Kier molecular flexibility index (Phi) is 5.81. The molecule has 3 rings (SSSR count). The molecule has 6 nitrogen and oxygen atoms in total. The van der Waals surface area contributed by atoms with Crippen LogP contribution in [0.1, 0.15) is 24.8 Å². The summed E-state index contributed by atoms with van der Waals surface area (Å²) >= 11 is 0. The quantitative estimate of drug-likeness (QED) is 0.786. The molecule has 0 spiro atoms. The third kappa shape index (κ3) is 4.32. The molecular formula is C18H27N3O3. The fourth-order valence-corrected chi connectivity index (χ4v) is 3.53. The molecule has 2 aliphatic heterocycles. The molecule has 1 unspecified atom stereocenters. The monoisotopic (exact) mass is 333 g/mol. The first-order valence-corrected chi connectivity index (χ1v) is 8.70. The van der Waals surface area contributed by atoms with Crippen molar-refractivity contribution >= 4 is 5.91 Å². The van der Waals surface area contributed by atoms with E-state index in [2.05, 4.69) is 22.0 Å². The number of hydrogen-bond donors (Lipinski definition) is 0. The molecule has 0 bridgehead atoms. The summed E-state index contributed by atoms with van der Waals surface area (Å²) in [5, 5.41) is 0. The van der Waals surface area contributed by atoms with E-state index in [1.807, 2.05) is 12.4 Å². The van der Waals surface area contributed by atoms with Crippen LogP contribution in [-0.2, 0) is 20.8 Å². The van der Waals surface area contributed by atoms with E-state index < -0.39 is 0 Å². The van der Waals surface area contributed by atoms with Crippen LogP contribution in [0.15, 0.2) is 24.5 Å². The van der Waals surface area contributed by atoms with Crippen molar-refractivity contribution in [1.82, 2.24) is 14.8 Å². The lowest BCUT2D eigenvalue weighted by Crippen LogP contribution is -2.43. The molecule has 132 valence electrons. The van der Waals surface area contributed by atoms with Gasteiger partial charge in [-0.25, -0.2) is 0 Å². The molecule has 0 radical (unpaired) electrons. The van der Waals surface area contributed by atoms with E-state index in [1.54, 1.807) is 19.0 Å². The second-order valence-corrected chi connectivity index (χ2v) is 6.86. The van der Waals surface area contributed by atoms with Gasteiger partial charge in [0.1, 0.15) is 6.61 Å². The van der Waals surface area contributed by atoms with Gasteiger partial charge in [-0.15, -0.1) is 0 Å². The Morgan fingerprint density at radius 2 is 2.12 bits per heavy atom. The van der Waals surface area contributed by atoms with Gasteiger partial charge in [0.25, 0.3) is 0 Å². The Hall–Kier alpha value is -1.50. The molecule has 1 aromatic heterocycles. The van der Waals surface area contributed by atoms with Gasteiger partial charge in [0.05, 0.1) is 18.8 Å². The summed E-state index contributed by atoms with van der Waals surface area (Å²) in [6, 6.07) is 4.66. The number of pyridine rings is 1. The highest BCUT2D eigenvalue weighted by Crippen LogP contribution is 2.32. The molecule has 0 aromatic carbocycles. The zero-order chi connectivity index (χ0) is 16.9. The number of aromatic nitrogens is 1. The largest absolute Gasteiger partial charge is 0.371 e. The highest BCUT2D eigenvalue weighted by molar-refractivity contribution is 5.76. The molecule has 1 amide bonds. The standard InChI is InChI=1S/C18H27N3O3/c1-20(2)18(22)13-23-12-15-3-4-16-17(24-15)7-10-21(16)11-14-5-8-19-9-6-14/h5-6,8-9,15-17H,3-4,7,10-13H2,1-2H3/t15?,16-,17-/m1/s1. The van der Waals surface area contributed by atoms with Gasteiger partial charge in [-0.2, -0.15) is 0 Å². The molecule has 2 fully saturated rings. The van der Waals surface area contributed by atoms with Gasteiger partial charge in [0.2, 0.25) is 5.91 Å². The summed E-state index contributed by atoms with van der Waals surface area (Å²) in [5.74, 6) is -0.00641. The molecule has 2 aliphatic rings. The maximum Gasteiger partial charge on any atom is 0.248 e. The minimum absolute atomic E-state index is 0.00641. The van der Waals surface area contributed by atoms with E-state index in [9.17, 15) is 4.79 Å². The number of likely N-dealkylation sites (N-methyl/N-ethyl adjacent to an activating group) is 1. The summed E-state index contributed by atoms with van der Waals surface area (Å²) < 4.78 is 11.7. The van der Waals surface area contributed by atoms with Crippen molar-refractivity contribution in [3.05, 3.63) is 30.1 Å². The van der Waals surface area contributed by atoms with Crippen molar-refractivity contribution in [2.24, 2.45) is 0 Å². The van der Waals surface area contributed by atoms with Gasteiger partial charge in [-0.3, -0.25) is 14.7 Å². The number of fused-ring (bicyclic) bond motifs is 1. The molecule has 3 heterocycles. The van der Waals surface area contributed by atoms with Crippen molar-refractivity contribution in [3.8, 4) is 0 Å². The lowest BCUT2D eigenvalue weighted by Gasteiger charge is -2.36. The molecule has 0 aliphatic carbocycles. The third-order valence-electron chi connectivity index (χ3n) is 4.91. The average molecular weight is 333 g/mol. The molecule has 6 heteroatoms. The van der Waals surface area contributed by atoms with Gasteiger partial charge in [0, 0.05) is 45.6 Å². The van der Waals surface area contributed by atoms with Gasteiger partial charge in [0.15, 0.2) is 0 Å². The second-order valence-electron chi connectivity index (χ2n) is 6.86. The van der Waals surface area contributed by atoms with Crippen LogP contribution in [0.3, 0.4) is 0 Å². The van der Waals surface area contributed by atoms with Crippen molar-refractivity contribution in [1.29, 1.82) is 0 Å². The first-order chi connectivity index (χ1) is 11.6. The van der Waals surface area contributed by atoms with Crippen LogP contribution < -0.4 is 0 Å². The van der Waals surface area contributed by atoms with Crippen LogP contribution in [0.4, 0.5) is 0 Å². The number of rotatable bonds is 6. The molecule has 0 N–H and O–H groups in total. The molecule has 2 saturated heterocycles. The summed E-state index contributed by atoms with van der Waals surface area (Å²) in [6.45, 7) is 2.68. The summed E-state index contributed by atoms with van der Waals surface area (Å²) in [7, 11) is 3.48. The number of carbonyl (C=O) groups is 1. The Balaban J connectivity index is 1.44. The van der Waals surface area contributed by atoms with Crippen molar-refractivity contribution in [2.75, 3.05) is 33.9 Å². The Bertz CT molecular complexity index is 538. The first kappa shape index (κ1) is 17.3. The maximum atomic E-state index is 11.5. The predicted octanol–water partition coefficient (Wildman–Crippen LogP) is 1.31. The van der Waals surface area contributed by atoms with Gasteiger partial charge < -0.3 is 14.4 Å². The highest BCUT2D eigenvalue weighted by Gasteiger charge is 2.39. The summed E-state index contributed by atoms with van der Waals surface area (Å²) in [6.07, 6.45) is 7.30. The van der Waals surface area contributed by atoms with Crippen molar-refractivity contribution in [2.45, 2.75) is 44.1 Å². The van der Waals surface area contributed by atoms with E-state index in [1.165, 1.54) is 5.56 Å². The van der Waals surface area contributed by atoms with E-state index >= 15 is 0 Å². The molecule has 3 atom stereocenters. The number of nitrogens with zero attached hydrogens (tertiary/aromatic N) is 3. The first-order valence-electron chi connectivity index (χ1n) is 8.70. The Labute approximate surface area is 143 Å². The van der Waals surface area contributed by atoms with Gasteiger partial charge in [-0.05, 0) is 37.0 Å². The fraction of sp³-hybridized carbons (Fsp3) is 0.667. The highest BCUT2D eigenvalue weighted by atomic mass is 16.5. The third-order valence-corrected chi connectivity index (χ3v) is 4.91. The Morgan fingerprint density at radius 1 is 1.33 bits per heavy atom. The topological polar surface area (TPSA) is 54.9 Å². The Morgan fingerprint density at radius 3 is 2.88 bits per heavy atom. The van der Waals surface area contributed by atoms with E-state index in [-0.39, 0.29) is 18.6 Å². The molecule has 1 aromatic rings. The average Bonchev–Trinajstić information content (AvgIpc) is 2.98. The lowest BCUT2D eigenvalue weighted by molar-refractivity contribution is -0.138. The summed E-state index contributed by atoms with van der Waals surface area (Å²) in [4.78, 5) is 19.7. The van der Waals surface area contributed by atoms with E-state index in [4.69, 9.17) is 9.47 Å². The fourth-order valence-electron chi connectivity index (χ4n) is 3.53. The van der Waals surface area contributed by atoms with Gasteiger partial charge in [-0.1, -0.05) is 0 Å². The number of ether oxygens (including phenoxy) is 2. The zero-order valence-corrected chi connectivity index (χ0v) is 14.6. The predicted molar refractivity (Wildman–Crippen MR) is 90.5 cm³/mol. The number of hydrogen-bond acceptors (Lipinski definition) is 5. The SMILES string of the molecule is CN(C)C(=O)COCC1CC[C@@H]2[C@@H](CCN2Cc2ccncc2)O1. The minimum Gasteiger partial charge on any atom is -0.371 e. The number of carbonyl (C=O) groups excluding carboxylic acids is 1. The van der Waals surface area contributed by atoms with Crippen LogP contribution >= 0.6 is 0 Å². The van der Waals surface area contributed by atoms with Crippen LogP contribution in [0.5, 0.6) is 0 Å². The minimum atomic E-state index is -0.00641. The zero-order valence-electron chi connectivity index (χ0n) is 14.6. The number of amides is 1. The molecule has 0 saturated carbocycles. The van der Waals surface area contributed by atoms with Crippen molar-refractivity contribution in [3.63, 3.8) is 0 Å². The van der Waals surface area contributed by atoms with Crippen LogP contribution in [-0.4, -0.2) is 72.8 Å². The maximum absolute atomic E-state index is 11.5. The normalized spacial score (nSPS) is 27.0. The van der Waals surface area contributed by atoms with Crippen LogP contribution in [0, 0.1) is 0 Å². The van der Waals surface area contributed by atoms with Crippen LogP contribution in [0.25, 0.3) is 0 Å². The second kappa shape index (κ2) is 8.05. The molecular weight excluding hydrogens is 306 g/mol. The van der Waals surface area contributed by atoms with E-state index in [0.29, 0.717) is 18.8 Å². The smallest absolute Gasteiger partial charge is 0.248 e. The number of likely N-dealkylation sites (tertiary alicyclic amines) is 1. The van der Waals surface area contributed by atoms with Gasteiger partial charge >= 0.3 is 0 Å².